The second-order valence-corrected chi connectivity index (χ2v) is 4.86. The van der Waals surface area contributed by atoms with Gasteiger partial charge in [-0.05, 0) is 12.5 Å². The Morgan fingerprint density at radius 3 is 2.39 bits per heavy atom. The van der Waals surface area contributed by atoms with E-state index >= 15 is 0 Å². The van der Waals surface area contributed by atoms with Crippen molar-refractivity contribution in [2.45, 2.75) is 64.7 Å². The highest BCUT2D eigenvalue weighted by atomic mass is 16.1. The molecular weight excluding hydrogens is 226 g/mol. The molecular formula is C15H23NO2. The van der Waals surface area contributed by atoms with Gasteiger partial charge in [-0.2, -0.15) is 0 Å². The van der Waals surface area contributed by atoms with Crippen LogP contribution in [0.3, 0.4) is 0 Å². The fraction of sp³-hybridized carbons (Fsp3) is 0.667. The number of hydrogen-bond donors (Lipinski definition) is 0. The number of unbranched alkanes of at least 4 members (excludes halogenated alkanes) is 6. The molecule has 1 aliphatic heterocycles. The van der Waals surface area contributed by atoms with E-state index in [0.29, 0.717) is 12.0 Å². The van der Waals surface area contributed by atoms with E-state index in [1.165, 1.54) is 38.3 Å². The fourth-order valence-electron chi connectivity index (χ4n) is 2.06. The lowest BCUT2D eigenvalue weighted by molar-refractivity contribution is -0.120. The summed E-state index contributed by atoms with van der Waals surface area (Å²) in [4.78, 5) is 26.4. The molecule has 0 aliphatic carbocycles. The van der Waals surface area contributed by atoms with E-state index < -0.39 is 0 Å². The molecule has 1 amide bonds. The van der Waals surface area contributed by atoms with Crippen LogP contribution in [-0.2, 0) is 9.59 Å². The van der Waals surface area contributed by atoms with Gasteiger partial charge in [0.1, 0.15) is 5.78 Å². The van der Waals surface area contributed by atoms with Crippen LogP contribution in [0.25, 0.3) is 0 Å². The van der Waals surface area contributed by atoms with Gasteiger partial charge in [0.05, 0.1) is 0 Å². The Balaban J connectivity index is 1.99. The van der Waals surface area contributed by atoms with Crippen LogP contribution in [0.1, 0.15) is 64.7 Å². The van der Waals surface area contributed by atoms with Crippen LogP contribution in [0.5, 0.6) is 0 Å². The Morgan fingerprint density at radius 2 is 1.78 bits per heavy atom. The summed E-state index contributed by atoms with van der Waals surface area (Å²) >= 11 is 0. The zero-order chi connectivity index (χ0) is 13.2. The average molecular weight is 249 g/mol. The summed E-state index contributed by atoms with van der Waals surface area (Å²) in [6, 6.07) is 0. The molecule has 1 rings (SSSR count). The van der Waals surface area contributed by atoms with E-state index in [0.717, 1.165) is 12.8 Å². The van der Waals surface area contributed by atoms with Crippen LogP contribution in [0.15, 0.2) is 16.6 Å². The van der Waals surface area contributed by atoms with E-state index in [2.05, 4.69) is 11.9 Å². The first-order valence-electron chi connectivity index (χ1n) is 7.03. The summed E-state index contributed by atoms with van der Waals surface area (Å²) in [5.74, 6) is -0.0865. The van der Waals surface area contributed by atoms with Gasteiger partial charge in [0.2, 0.25) is 0 Å². The molecule has 0 unspecified atom stereocenters. The van der Waals surface area contributed by atoms with Gasteiger partial charge in [-0.3, -0.25) is 9.59 Å². The van der Waals surface area contributed by atoms with Gasteiger partial charge in [-0.1, -0.05) is 45.4 Å². The van der Waals surface area contributed by atoms with Gasteiger partial charge in [0.25, 0.3) is 5.91 Å². The molecule has 1 heterocycles. The molecule has 3 nitrogen and oxygen atoms in total. The lowest BCUT2D eigenvalue weighted by Crippen LogP contribution is -2.04. The maximum absolute atomic E-state index is 11.6. The molecule has 3 heteroatoms. The summed E-state index contributed by atoms with van der Waals surface area (Å²) in [5.41, 5.74) is 0.544. The van der Waals surface area contributed by atoms with E-state index in [-0.39, 0.29) is 18.1 Å². The molecule has 0 bridgehead atoms. The minimum Gasteiger partial charge on any atom is -0.299 e. The first-order valence-corrected chi connectivity index (χ1v) is 7.03. The number of ketones is 1. The van der Waals surface area contributed by atoms with Gasteiger partial charge in [-0.15, -0.1) is 0 Å². The third-order valence-corrected chi connectivity index (χ3v) is 3.19. The number of carbonyl (C=O) groups is 2. The number of rotatable bonds is 10. The van der Waals surface area contributed by atoms with Crippen LogP contribution in [0.4, 0.5) is 0 Å². The summed E-state index contributed by atoms with van der Waals surface area (Å²) in [6.45, 7) is 2.21. The Kier molecular flexibility index (Phi) is 7.23. The van der Waals surface area contributed by atoms with Crippen molar-refractivity contribution >= 4 is 17.9 Å². The number of aliphatic imine (C=N–C) groups is 1. The Labute approximate surface area is 109 Å². The van der Waals surface area contributed by atoms with E-state index in [9.17, 15) is 9.59 Å². The van der Waals surface area contributed by atoms with Crippen LogP contribution >= 0.6 is 0 Å². The van der Waals surface area contributed by atoms with Gasteiger partial charge in [0, 0.05) is 24.6 Å². The smallest absolute Gasteiger partial charge is 0.273 e. The van der Waals surface area contributed by atoms with Crippen molar-refractivity contribution in [3.8, 4) is 0 Å². The van der Waals surface area contributed by atoms with Crippen molar-refractivity contribution in [1.82, 2.24) is 0 Å². The molecule has 0 N–H and O–H groups in total. The topological polar surface area (TPSA) is 46.5 Å². The van der Waals surface area contributed by atoms with Gasteiger partial charge >= 0.3 is 0 Å². The van der Waals surface area contributed by atoms with Crippen LogP contribution in [0.2, 0.25) is 0 Å². The Bertz CT molecular complexity index is 342. The molecule has 0 radical (unpaired) electrons. The Hall–Kier alpha value is -1.25. The predicted molar refractivity (Wildman–Crippen MR) is 73.8 cm³/mol. The molecule has 18 heavy (non-hydrogen) atoms. The van der Waals surface area contributed by atoms with Crippen molar-refractivity contribution in [1.29, 1.82) is 0 Å². The molecule has 0 aromatic rings. The second-order valence-electron chi connectivity index (χ2n) is 4.86. The average Bonchev–Trinajstić information content (AvgIpc) is 2.74. The van der Waals surface area contributed by atoms with E-state index in [4.69, 9.17) is 0 Å². The number of nitrogens with zero attached hydrogens (tertiary/aromatic N) is 1. The maximum atomic E-state index is 11.6. The second kappa shape index (κ2) is 8.78. The lowest BCUT2D eigenvalue weighted by Gasteiger charge is -2.02. The van der Waals surface area contributed by atoms with Crippen LogP contribution in [0, 0.1) is 0 Å². The zero-order valence-corrected chi connectivity index (χ0v) is 11.3. The number of allylic oxidation sites excluding steroid dienone is 1. The third kappa shape index (κ3) is 5.89. The van der Waals surface area contributed by atoms with Crippen molar-refractivity contribution in [2.24, 2.45) is 4.99 Å². The SMILES string of the molecule is CCCCCCCCCC(=O)CC1=CC=NC1=O. The minimum atomic E-state index is -0.247. The quantitative estimate of drug-likeness (QED) is 0.555. The highest BCUT2D eigenvalue weighted by molar-refractivity contribution is 6.10. The first kappa shape index (κ1) is 14.8. The summed E-state index contributed by atoms with van der Waals surface area (Å²) in [6.07, 6.45) is 12.4. The summed E-state index contributed by atoms with van der Waals surface area (Å²) < 4.78 is 0. The van der Waals surface area contributed by atoms with Crippen LogP contribution < -0.4 is 0 Å². The first-order chi connectivity index (χ1) is 8.74. The Morgan fingerprint density at radius 1 is 1.11 bits per heavy atom. The van der Waals surface area contributed by atoms with E-state index in [1.54, 1.807) is 6.08 Å². The zero-order valence-electron chi connectivity index (χ0n) is 11.3. The van der Waals surface area contributed by atoms with Gasteiger partial charge in [-0.25, -0.2) is 4.99 Å². The number of hydrogen-bond acceptors (Lipinski definition) is 2. The minimum absolute atomic E-state index is 0.161. The van der Waals surface area contributed by atoms with Crippen molar-refractivity contribution in [3.63, 3.8) is 0 Å². The highest BCUT2D eigenvalue weighted by Gasteiger charge is 2.14. The molecule has 100 valence electrons. The molecule has 0 saturated heterocycles. The number of amides is 1. The number of carbonyl (C=O) groups excluding carboxylic acids is 2. The predicted octanol–water partition coefficient (Wildman–Crippen LogP) is 3.62. The normalized spacial score (nSPS) is 14.1. The van der Waals surface area contributed by atoms with Crippen molar-refractivity contribution in [2.75, 3.05) is 0 Å². The standard InChI is InChI=1S/C15H23NO2/c1-2-3-4-5-6-7-8-9-14(17)12-13-10-11-16-15(13)18/h10-11H,2-9,12H2,1H3. The number of Topliss-reactive ketones (excluding diaryl/α,β-unsaturated/α-hetero) is 1. The summed E-state index contributed by atoms with van der Waals surface area (Å²) in [7, 11) is 0. The van der Waals surface area contributed by atoms with Gasteiger partial charge < -0.3 is 0 Å². The fourth-order valence-corrected chi connectivity index (χ4v) is 2.06. The van der Waals surface area contributed by atoms with Crippen LogP contribution in [-0.4, -0.2) is 17.9 Å². The van der Waals surface area contributed by atoms with Gasteiger partial charge in [0.15, 0.2) is 0 Å². The molecule has 0 saturated carbocycles. The van der Waals surface area contributed by atoms with Crippen molar-refractivity contribution < 1.29 is 9.59 Å². The monoisotopic (exact) mass is 249 g/mol. The molecule has 0 atom stereocenters. The highest BCUT2D eigenvalue weighted by Crippen LogP contribution is 2.13. The molecule has 0 aromatic carbocycles. The molecule has 0 fully saturated rings. The summed E-state index contributed by atoms with van der Waals surface area (Å²) in [5, 5.41) is 0. The molecule has 0 spiro atoms. The lowest BCUT2D eigenvalue weighted by atomic mass is 10.0. The van der Waals surface area contributed by atoms with E-state index in [1.807, 2.05) is 0 Å². The third-order valence-electron chi connectivity index (χ3n) is 3.19. The molecule has 0 aromatic heterocycles. The molecule has 1 aliphatic rings. The van der Waals surface area contributed by atoms with Crippen molar-refractivity contribution in [3.05, 3.63) is 11.6 Å². The maximum Gasteiger partial charge on any atom is 0.273 e. The largest absolute Gasteiger partial charge is 0.299 e.